The van der Waals surface area contributed by atoms with Crippen LogP contribution in [0.1, 0.15) is 26.7 Å². The Hall–Kier alpha value is -1.13. The van der Waals surface area contributed by atoms with Gasteiger partial charge in [-0.05, 0) is 19.8 Å². The molecule has 0 amide bonds. The van der Waals surface area contributed by atoms with Crippen molar-refractivity contribution in [2.75, 3.05) is 0 Å². The number of ether oxygens (including phenoxy) is 1. The molecule has 0 aromatic heterocycles. The highest BCUT2D eigenvalue weighted by atomic mass is 16.6. The molecule has 1 saturated carbocycles. The molecule has 3 aliphatic rings. The zero-order valence-corrected chi connectivity index (χ0v) is 11.3. The normalized spacial score (nSPS) is 49.3. The Morgan fingerprint density at radius 2 is 2.16 bits per heavy atom. The second-order valence-electron chi connectivity index (χ2n) is 6.37. The molecular weight excluding hydrogens is 244 g/mol. The number of carbonyl (C=O) groups excluding carboxylic acids is 1. The molecule has 1 heterocycles. The summed E-state index contributed by atoms with van der Waals surface area (Å²) in [5, 5.41) is 21.0. The van der Waals surface area contributed by atoms with Gasteiger partial charge < -0.3 is 14.9 Å². The van der Waals surface area contributed by atoms with E-state index in [2.05, 4.69) is 6.58 Å². The molecule has 0 aromatic carbocycles. The van der Waals surface area contributed by atoms with Crippen molar-refractivity contribution in [2.45, 2.75) is 45.0 Å². The van der Waals surface area contributed by atoms with Gasteiger partial charge in [0.1, 0.15) is 6.10 Å². The Balaban J connectivity index is 2.04. The molecule has 3 rings (SSSR count). The summed E-state index contributed by atoms with van der Waals surface area (Å²) in [6.07, 6.45) is 1.59. The molecular formula is C15H20O4. The van der Waals surface area contributed by atoms with Crippen molar-refractivity contribution in [3.8, 4) is 0 Å². The Morgan fingerprint density at radius 3 is 2.84 bits per heavy atom. The third kappa shape index (κ3) is 1.56. The van der Waals surface area contributed by atoms with Gasteiger partial charge in [0.2, 0.25) is 0 Å². The summed E-state index contributed by atoms with van der Waals surface area (Å²) < 4.78 is 5.32. The summed E-state index contributed by atoms with van der Waals surface area (Å²) in [4.78, 5) is 11.6. The highest BCUT2D eigenvalue weighted by Crippen LogP contribution is 2.55. The van der Waals surface area contributed by atoms with Crippen LogP contribution in [0, 0.1) is 17.3 Å². The maximum absolute atomic E-state index is 11.6. The van der Waals surface area contributed by atoms with Crippen LogP contribution in [0.25, 0.3) is 0 Å². The zero-order valence-electron chi connectivity index (χ0n) is 11.3. The first-order valence-corrected chi connectivity index (χ1v) is 6.79. The third-order valence-electron chi connectivity index (χ3n) is 5.30. The minimum atomic E-state index is -0.714. The van der Waals surface area contributed by atoms with Crippen LogP contribution in [0.5, 0.6) is 0 Å². The van der Waals surface area contributed by atoms with Gasteiger partial charge in [-0.15, -0.1) is 0 Å². The standard InChI is InChI=1S/C15H20O4/c1-7-4-5-10(16)15(3)6-9-11(13(17)12(7)15)8(2)14(18)19-9/h4,9-13,16-17H,2,5-6H2,1,3H3/t9-,10+,11?,12+,13-,15-/m0/s1. The Morgan fingerprint density at radius 1 is 1.47 bits per heavy atom. The summed E-state index contributed by atoms with van der Waals surface area (Å²) in [5.74, 6) is -0.879. The fourth-order valence-corrected chi connectivity index (χ4v) is 4.23. The van der Waals surface area contributed by atoms with Gasteiger partial charge in [-0.1, -0.05) is 25.2 Å². The fraction of sp³-hybridized carbons (Fsp3) is 0.667. The van der Waals surface area contributed by atoms with Crippen LogP contribution in [-0.2, 0) is 9.53 Å². The lowest BCUT2D eigenvalue weighted by molar-refractivity contribution is -0.154. The highest BCUT2D eigenvalue weighted by molar-refractivity contribution is 5.91. The zero-order chi connectivity index (χ0) is 13.9. The predicted molar refractivity (Wildman–Crippen MR) is 69.1 cm³/mol. The largest absolute Gasteiger partial charge is 0.458 e. The average Bonchev–Trinajstić information content (AvgIpc) is 2.60. The molecule has 2 fully saturated rings. The van der Waals surface area contributed by atoms with Crippen LogP contribution in [0.2, 0.25) is 0 Å². The lowest BCUT2D eigenvalue weighted by Gasteiger charge is -2.53. The van der Waals surface area contributed by atoms with Crippen molar-refractivity contribution >= 4 is 5.97 Å². The van der Waals surface area contributed by atoms with Gasteiger partial charge in [0, 0.05) is 16.9 Å². The van der Waals surface area contributed by atoms with Gasteiger partial charge in [-0.25, -0.2) is 4.79 Å². The smallest absolute Gasteiger partial charge is 0.334 e. The number of aliphatic hydroxyl groups is 2. The molecule has 4 nitrogen and oxygen atoms in total. The summed E-state index contributed by atoms with van der Waals surface area (Å²) in [6.45, 7) is 7.72. The number of aliphatic hydroxyl groups excluding tert-OH is 2. The molecule has 6 atom stereocenters. The summed E-state index contributed by atoms with van der Waals surface area (Å²) >= 11 is 0. The first kappa shape index (κ1) is 12.9. The van der Waals surface area contributed by atoms with Crippen LogP contribution in [0.15, 0.2) is 23.8 Å². The number of fused-ring (bicyclic) bond motifs is 2. The maximum Gasteiger partial charge on any atom is 0.334 e. The second-order valence-corrected chi connectivity index (χ2v) is 6.37. The second kappa shape index (κ2) is 3.93. The molecule has 0 spiro atoms. The molecule has 1 aliphatic heterocycles. The molecule has 19 heavy (non-hydrogen) atoms. The fourth-order valence-electron chi connectivity index (χ4n) is 4.23. The first-order chi connectivity index (χ1) is 8.86. The van der Waals surface area contributed by atoms with E-state index in [1.165, 1.54) is 0 Å². The molecule has 0 bridgehead atoms. The van der Waals surface area contributed by atoms with Gasteiger partial charge in [-0.2, -0.15) is 0 Å². The van der Waals surface area contributed by atoms with E-state index in [1.807, 2.05) is 19.9 Å². The first-order valence-electron chi connectivity index (χ1n) is 6.79. The summed E-state index contributed by atoms with van der Waals surface area (Å²) in [6, 6.07) is 0. The minimum Gasteiger partial charge on any atom is -0.458 e. The molecule has 0 aromatic rings. The van der Waals surface area contributed by atoms with E-state index < -0.39 is 23.6 Å². The number of hydrogen-bond acceptors (Lipinski definition) is 4. The van der Waals surface area contributed by atoms with E-state index in [0.717, 1.165) is 5.57 Å². The lowest BCUT2D eigenvalue weighted by Crippen LogP contribution is -2.56. The molecule has 2 N–H and O–H groups in total. The van der Waals surface area contributed by atoms with Crippen molar-refractivity contribution < 1.29 is 19.7 Å². The highest BCUT2D eigenvalue weighted by Gasteiger charge is 2.59. The number of hydrogen-bond donors (Lipinski definition) is 2. The SMILES string of the molecule is C=C1C(=O)O[C@H]2C[C@@]3(C)[C@H](O)CC=C(C)[C@@H]3[C@@H](O)C12. The number of carbonyl (C=O) groups is 1. The lowest BCUT2D eigenvalue weighted by atomic mass is 9.54. The van der Waals surface area contributed by atoms with Crippen molar-refractivity contribution in [2.24, 2.45) is 17.3 Å². The van der Waals surface area contributed by atoms with Crippen LogP contribution in [0.3, 0.4) is 0 Å². The van der Waals surface area contributed by atoms with E-state index >= 15 is 0 Å². The molecule has 0 radical (unpaired) electrons. The number of rotatable bonds is 0. The van der Waals surface area contributed by atoms with Gasteiger partial charge in [0.25, 0.3) is 0 Å². The topological polar surface area (TPSA) is 66.8 Å². The van der Waals surface area contributed by atoms with Crippen LogP contribution in [-0.4, -0.2) is 34.5 Å². The quantitative estimate of drug-likeness (QED) is 0.392. The van der Waals surface area contributed by atoms with E-state index in [0.29, 0.717) is 18.4 Å². The van der Waals surface area contributed by atoms with Gasteiger partial charge in [0.15, 0.2) is 0 Å². The van der Waals surface area contributed by atoms with Crippen molar-refractivity contribution in [3.05, 3.63) is 23.8 Å². The van der Waals surface area contributed by atoms with Crippen LogP contribution < -0.4 is 0 Å². The van der Waals surface area contributed by atoms with Gasteiger partial charge in [-0.3, -0.25) is 0 Å². The minimum absolute atomic E-state index is 0.135. The molecule has 4 heteroatoms. The van der Waals surface area contributed by atoms with Crippen LogP contribution in [0.4, 0.5) is 0 Å². The van der Waals surface area contributed by atoms with Crippen molar-refractivity contribution in [1.29, 1.82) is 0 Å². The molecule has 2 aliphatic carbocycles. The van der Waals surface area contributed by atoms with Gasteiger partial charge in [0.05, 0.1) is 18.1 Å². The van der Waals surface area contributed by atoms with Crippen molar-refractivity contribution in [3.63, 3.8) is 0 Å². The monoisotopic (exact) mass is 264 g/mol. The Kier molecular flexibility index (Phi) is 2.67. The number of esters is 1. The van der Waals surface area contributed by atoms with Crippen LogP contribution >= 0.6 is 0 Å². The predicted octanol–water partition coefficient (Wildman–Crippen LogP) is 1.18. The Labute approximate surface area is 112 Å². The van der Waals surface area contributed by atoms with E-state index in [4.69, 9.17) is 4.74 Å². The van der Waals surface area contributed by atoms with Crippen molar-refractivity contribution in [1.82, 2.24) is 0 Å². The summed E-state index contributed by atoms with van der Waals surface area (Å²) in [7, 11) is 0. The molecule has 104 valence electrons. The van der Waals surface area contributed by atoms with Gasteiger partial charge >= 0.3 is 5.97 Å². The maximum atomic E-state index is 11.6. The summed E-state index contributed by atoms with van der Waals surface area (Å²) in [5.41, 5.74) is 1.02. The van der Waals surface area contributed by atoms with E-state index in [-0.39, 0.29) is 17.9 Å². The van der Waals surface area contributed by atoms with E-state index in [1.54, 1.807) is 0 Å². The van der Waals surface area contributed by atoms with E-state index in [9.17, 15) is 15.0 Å². The molecule has 1 saturated heterocycles. The third-order valence-corrected chi connectivity index (χ3v) is 5.30. The average molecular weight is 264 g/mol. The molecule has 1 unspecified atom stereocenters. The Bertz CT molecular complexity index is 481.